The molecule has 1 heterocycles. The van der Waals surface area contributed by atoms with Crippen molar-refractivity contribution in [3.63, 3.8) is 0 Å². The fourth-order valence-corrected chi connectivity index (χ4v) is 2.15. The molecule has 0 radical (unpaired) electrons. The maximum atomic E-state index is 12.1. The van der Waals surface area contributed by atoms with Crippen molar-refractivity contribution in [1.29, 1.82) is 0 Å². The first kappa shape index (κ1) is 14.0. The fourth-order valence-electron chi connectivity index (χ4n) is 1.89. The number of ether oxygens (including phenoxy) is 2. The Morgan fingerprint density at radius 3 is 2.68 bits per heavy atom. The van der Waals surface area contributed by atoms with E-state index in [1.165, 1.54) is 0 Å². The molecule has 104 valence electrons. The highest BCUT2D eigenvalue weighted by atomic mass is 35.5. The summed E-state index contributed by atoms with van der Waals surface area (Å²) in [6, 6.07) is 3.34. The highest BCUT2D eigenvalue weighted by molar-refractivity contribution is 6.32. The number of rotatable bonds is 5. The summed E-state index contributed by atoms with van der Waals surface area (Å²) in [6.07, 6.45) is 1.95. The Hall–Kier alpha value is -1.42. The van der Waals surface area contributed by atoms with Gasteiger partial charge in [0.2, 0.25) is 0 Å². The maximum Gasteiger partial charge on any atom is 0.254 e. The molecule has 5 heteroatoms. The average Bonchev–Trinajstić information content (AvgIpc) is 2.34. The molecule has 0 aliphatic carbocycles. The van der Waals surface area contributed by atoms with Crippen molar-refractivity contribution in [2.24, 2.45) is 0 Å². The predicted molar refractivity (Wildman–Crippen MR) is 74.3 cm³/mol. The Kier molecular flexibility index (Phi) is 4.53. The monoisotopic (exact) mass is 283 g/mol. The van der Waals surface area contributed by atoms with E-state index in [-0.39, 0.29) is 5.91 Å². The molecular weight excluding hydrogens is 266 g/mol. The van der Waals surface area contributed by atoms with E-state index in [1.807, 2.05) is 6.92 Å². The van der Waals surface area contributed by atoms with Gasteiger partial charge in [-0.2, -0.15) is 0 Å². The van der Waals surface area contributed by atoms with E-state index in [4.69, 9.17) is 21.1 Å². The van der Waals surface area contributed by atoms with Crippen LogP contribution in [0.2, 0.25) is 5.02 Å². The van der Waals surface area contributed by atoms with Gasteiger partial charge in [0, 0.05) is 18.7 Å². The third-order valence-corrected chi connectivity index (χ3v) is 3.35. The molecule has 0 atom stereocenters. The molecule has 0 saturated carbocycles. The molecule has 1 aliphatic heterocycles. The second-order valence-corrected chi connectivity index (χ2v) is 4.89. The lowest BCUT2D eigenvalue weighted by molar-refractivity contribution is 0.0651. The lowest BCUT2D eigenvalue weighted by atomic mass is 10.1. The third-order valence-electron chi connectivity index (χ3n) is 3.07. The number of nitrogens with zero attached hydrogens (tertiary/aromatic N) is 1. The van der Waals surface area contributed by atoms with Gasteiger partial charge in [-0.15, -0.1) is 0 Å². The quantitative estimate of drug-likeness (QED) is 0.834. The van der Waals surface area contributed by atoms with Crippen molar-refractivity contribution in [1.82, 2.24) is 4.90 Å². The molecular formula is C14H18ClNO3. The van der Waals surface area contributed by atoms with E-state index in [2.05, 4.69) is 0 Å². The summed E-state index contributed by atoms with van der Waals surface area (Å²) >= 11 is 6.18. The number of hydrogen-bond acceptors (Lipinski definition) is 3. The SMILES string of the molecule is CCCOc1c(Cl)cc(C(=O)N2CCC2)cc1OC. The minimum atomic E-state index is -0.00603. The average molecular weight is 284 g/mol. The Morgan fingerprint density at radius 1 is 1.42 bits per heavy atom. The van der Waals surface area contributed by atoms with Crippen LogP contribution < -0.4 is 9.47 Å². The van der Waals surface area contributed by atoms with Gasteiger partial charge in [-0.1, -0.05) is 18.5 Å². The minimum Gasteiger partial charge on any atom is -0.493 e. The maximum absolute atomic E-state index is 12.1. The Morgan fingerprint density at radius 2 is 2.16 bits per heavy atom. The van der Waals surface area contributed by atoms with Gasteiger partial charge in [0.1, 0.15) is 0 Å². The highest BCUT2D eigenvalue weighted by Crippen LogP contribution is 2.37. The Balaban J connectivity index is 2.26. The lowest BCUT2D eigenvalue weighted by Crippen LogP contribution is -2.42. The zero-order chi connectivity index (χ0) is 13.8. The number of carbonyl (C=O) groups excluding carboxylic acids is 1. The van der Waals surface area contributed by atoms with Crippen LogP contribution in [0.4, 0.5) is 0 Å². The topological polar surface area (TPSA) is 38.8 Å². The summed E-state index contributed by atoms with van der Waals surface area (Å²) in [5.41, 5.74) is 0.547. The van der Waals surface area contributed by atoms with E-state index in [0.717, 1.165) is 25.9 Å². The van der Waals surface area contributed by atoms with Crippen molar-refractivity contribution < 1.29 is 14.3 Å². The molecule has 0 unspecified atom stereocenters. The second kappa shape index (κ2) is 6.15. The molecule has 0 bridgehead atoms. The van der Waals surface area contributed by atoms with Gasteiger partial charge >= 0.3 is 0 Å². The number of halogens is 1. The lowest BCUT2D eigenvalue weighted by Gasteiger charge is -2.31. The molecule has 0 spiro atoms. The van der Waals surface area contributed by atoms with Gasteiger partial charge in [0.15, 0.2) is 11.5 Å². The van der Waals surface area contributed by atoms with E-state index in [9.17, 15) is 4.79 Å². The number of carbonyl (C=O) groups is 1. The standard InChI is InChI=1S/C14H18ClNO3/c1-3-7-19-13-11(15)8-10(9-12(13)18-2)14(17)16-5-4-6-16/h8-9H,3-7H2,1-2H3. The van der Waals surface area contributed by atoms with Crippen molar-refractivity contribution in [2.45, 2.75) is 19.8 Å². The summed E-state index contributed by atoms with van der Waals surface area (Å²) < 4.78 is 10.8. The summed E-state index contributed by atoms with van der Waals surface area (Å²) in [7, 11) is 1.54. The van der Waals surface area contributed by atoms with E-state index < -0.39 is 0 Å². The van der Waals surface area contributed by atoms with Gasteiger partial charge in [-0.05, 0) is 25.0 Å². The molecule has 2 rings (SSSR count). The summed E-state index contributed by atoms with van der Waals surface area (Å²) in [5.74, 6) is 1.00. The van der Waals surface area contributed by atoms with Crippen molar-refractivity contribution >= 4 is 17.5 Å². The molecule has 1 amide bonds. The number of benzene rings is 1. The first-order chi connectivity index (χ1) is 9.17. The van der Waals surface area contributed by atoms with Crippen LogP contribution >= 0.6 is 11.6 Å². The van der Waals surface area contributed by atoms with Gasteiger partial charge in [0.25, 0.3) is 5.91 Å². The van der Waals surface area contributed by atoms with Crippen molar-refractivity contribution in [3.05, 3.63) is 22.7 Å². The van der Waals surface area contributed by atoms with E-state index in [1.54, 1.807) is 24.1 Å². The molecule has 1 aromatic rings. The zero-order valence-electron chi connectivity index (χ0n) is 11.2. The van der Waals surface area contributed by atoms with Crippen LogP contribution in [0, 0.1) is 0 Å². The molecule has 4 nitrogen and oxygen atoms in total. The number of hydrogen-bond donors (Lipinski definition) is 0. The second-order valence-electron chi connectivity index (χ2n) is 4.48. The summed E-state index contributed by atoms with van der Waals surface area (Å²) in [4.78, 5) is 13.9. The molecule has 1 fully saturated rings. The highest BCUT2D eigenvalue weighted by Gasteiger charge is 2.24. The molecule has 19 heavy (non-hydrogen) atoms. The van der Waals surface area contributed by atoms with Gasteiger partial charge in [-0.25, -0.2) is 0 Å². The smallest absolute Gasteiger partial charge is 0.254 e. The largest absolute Gasteiger partial charge is 0.493 e. The normalized spacial score (nSPS) is 13.9. The van der Waals surface area contributed by atoms with Crippen LogP contribution in [0.3, 0.4) is 0 Å². The number of methoxy groups -OCH3 is 1. The van der Waals surface area contributed by atoms with Crippen LogP contribution in [0.15, 0.2) is 12.1 Å². The van der Waals surface area contributed by atoms with Crippen LogP contribution in [0.5, 0.6) is 11.5 Å². The van der Waals surface area contributed by atoms with Crippen molar-refractivity contribution in [3.8, 4) is 11.5 Å². The van der Waals surface area contributed by atoms with Gasteiger partial charge < -0.3 is 14.4 Å². The van der Waals surface area contributed by atoms with Crippen LogP contribution in [0.1, 0.15) is 30.1 Å². The Bertz CT molecular complexity index is 472. The summed E-state index contributed by atoms with van der Waals surface area (Å²) in [5, 5.41) is 0.414. The third kappa shape index (κ3) is 2.95. The van der Waals surface area contributed by atoms with Crippen LogP contribution in [0.25, 0.3) is 0 Å². The molecule has 0 N–H and O–H groups in total. The van der Waals surface area contributed by atoms with Crippen LogP contribution in [-0.2, 0) is 0 Å². The van der Waals surface area contributed by atoms with Gasteiger partial charge in [0.05, 0.1) is 18.7 Å². The molecule has 1 saturated heterocycles. The zero-order valence-corrected chi connectivity index (χ0v) is 12.0. The summed E-state index contributed by atoms with van der Waals surface area (Å²) in [6.45, 7) is 4.21. The Labute approximate surface area is 118 Å². The first-order valence-electron chi connectivity index (χ1n) is 6.47. The van der Waals surface area contributed by atoms with Gasteiger partial charge in [-0.3, -0.25) is 4.79 Å². The first-order valence-corrected chi connectivity index (χ1v) is 6.84. The van der Waals surface area contributed by atoms with Crippen molar-refractivity contribution in [2.75, 3.05) is 26.8 Å². The molecule has 1 aliphatic rings. The minimum absolute atomic E-state index is 0.00603. The fraction of sp³-hybridized carbons (Fsp3) is 0.500. The van der Waals surface area contributed by atoms with E-state index >= 15 is 0 Å². The number of likely N-dealkylation sites (tertiary alicyclic amines) is 1. The number of amides is 1. The molecule has 1 aromatic carbocycles. The predicted octanol–water partition coefficient (Wildman–Crippen LogP) is 2.98. The van der Waals surface area contributed by atoms with Crippen LogP contribution in [-0.4, -0.2) is 37.6 Å². The molecule has 0 aromatic heterocycles. The van der Waals surface area contributed by atoms with E-state index in [0.29, 0.717) is 28.7 Å².